The maximum atomic E-state index is 12.1. The predicted molar refractivity (Wildman–Crippen MR) is 110 cm³/mol. The lowest BCUT2D eigenvalue weighted by atomic mass is 10.2. The molecule has 2 N–H and O–H groups in total. The number of aliphatic imine (C=N–C) groups is 1. The van der Waals surface area contributed by atoms with Crippen molar-refractivity contribution >= 4 is 27.3 Å². The summed E-state index contributed by atoms with van der Waals surface area (Å²) in [7, 11) is -0.363. The molecule has 0 atom stereocenters. The van der Waals surface area contributed by atoms with E-state index in [0.717, 1.165) is 23.5 Å². The molecule has 9 heteroatoms. The summed E-state index contributed by atoms with van der Waals surface area (Å²) < 4.78 is 25.4. The van der Waals surface area contributed by atoms with Gasteiger partial charge >= 0.3 is 0 Å². The summed E-state index contributed by atoms with van der Waals surface area (Å²) in [5.41, 5.74) is 0.937. The SMILES string of the molecule is CCNC(=NCc1ccc(S(=O)(=O)N(C)C)cc1)NCc1ncc(CC)s1. The largest absolute Gasteiger partial charge is 0.357 e. The van der Waals surface area contributed by atoms with Crippen LogP contribution < -0.4 is 10.6 Å². The van der Waals surface area contributed by atoms with E-state index in [0.29, 0.717) is 19.0 Å². The average molecular weight is 410 g/mol. The average Bonchev–Trinajstić information content (AvgIpc) is 3.12. The van der Waals surface area contributed by atoms with Gasteiger partial charge in [0.2, 0.25) is 10.0 Å². The number of sulfonamides is 1. The summed E-state index contributed by atoms with van der Waals surface area (Å²) >= 11 is 1.70. The van der Waals surface area contributed by atoms with Crippen molar-refractivity contribution < 1.29 is 8.42 Å². The maximum absolute atomic E-state index is 12.1. The fraction of sp³-hybridized carbons (Fsp3) is 0.444. The normalized spacial score (nSPS) is 12.4. The number of thiazole rings is 1. The maximum Gasteiger partial charge on any atom is 0.242 e. The minimum Gasteiger partial charge on any atom is -0.357 e. The fourth-order valence-corrected chi connectivity index (χ4v) is 3.95. The first-order chi connectivity index (χ1) is 12.9. The summed E-state index contributed by atoms with van der Waals surface area (Å²) in [5.74, 6) is 0.704. The third kappa shape index (κ3) is 6.02. The molecule has 0 aliphatic carbocycles. The van der Waals surface area contributed by atoms with Crippen LogP contribution in [-0.4, -0.2) is 44.3 Å². The molecular weight excluding hydrogens is 382 g/mol. The minimum absolute atomic E-state index is 0.278. The second kappa shape index (κ2) is 9.82. The predicted octanol–water partition coefficient (Wildman–Crippen LogP) is 2.21. The molecule has 0 amide bonds. The standard InChI is InChI=1S/C18H27N5O2S2/c1-5-15-12-20-17(26-15)13-22-18(19-6-2)21-11-14-7-9-16(10-8-14)27(24,25)23(3)4/h7-10,12H,5-6,11,13H2,1-4H3,(H2,19,21,22). The van der Waals surface area contributed by atoms with Gasteiger partial charge in [-0.3, -0.25) is 0 Å². The summed E-state index contributed by atoms with van der Waals surface area (Å²) in [5, 5.41) is 7.51. The van der Waals surface area contributed by atoms with E-state index in [1.807, 2.05) is 13.1 Å². The first kappa shape index (κ1) is 21.3. The number of nitrogens with zero attached hydrogens (tertiary/aromatic N) is 3. The summed E-state index contributed by atoms with van der Waals surface area (Å²) in [6.45, 7) is 5.96. The zero-order valence-corrected chi connectivity index (χ0v) is 17.8. The highest BCUT2D eigenvalue weighted by atomic mass is 32.2. The van der Waals surface area contributed by atoms with Crippen LogP contribution in [0.3, 0.4) is 0 Å². The first-order valence-electron chi connectivity index (χ1n) is 8.84. The zero-order valence-electron chi connectivity index (χ0n) is 16.2. The third-order valence-corrected chi connectivity index (χ3v) is 6.79. The Kier molecular flexibility index (Phi) is 7.76. The molecule has 0 fully saturated rings. The Morgan fingerprint density at radius 2 is 1.89 bits per heavy atom. The van der Waals surface area contributed by atoms with E-state index in [2.05, 4.69) is 27.5 Å². The lowest BCUT2D eigenvalue weighted by molar-refractivity contribution is 0.520. The molecule has 0 unspecified atom stereocenters. The number of aryl methyl sites for hydroxylation is 1. The van der Waals surface area contributed by atoms with Crippen LogP contribution in [0.4, 0.5) is 0 Å². The Bertz CT molecular complexity index is 858. The zero-order chi connectivity index (χ0) is 19.9. The van der Waals surface area contributed by atoms with Crippen molar-refractivity contribution in [3.05, 3.63) is 45.9 Å². The number of rotatable bonds is 8. The minimum atomic E-state index is -3.41. The van der Waals surface area contributed by atoms with Crippen LogP contribution >= 0.6 is 11.3 Å². The highest BCUT2D eigenvalue weighted by Crippen LogP contribution is 2.15. The van der Waals surface area contributed by atoms with Gasteiger partial charge in [-0.15, -0.1) is 11.3 Å². The third-order valence-electron chi connectivity index (χ3n) is 3.82. The number of hydrogen-bond acceptors (Lipinski definition) is 5. The monoisotopic (exact) mass is 409 g/mol. The fourth-order valence-electron chi connectivity index (χ4n) is 2.24. The van der Waals surface area contributed by atoms with Crippen molar-refractivity contribution in [1.29, 1.82) is 0 Å². The van der Waals surface area contributed by atoms with Crippen LogP contribution in [0.2, 0.25) is 0 Å². The van der Waals surface area contributed by atoms with E-state index in [4.69, 9.17) is 0 Å². The summed E-state index contributed by atoms with van der Waals surface area (Å²) in [6.07, 6.45) is 2.90. The van der Waals surface area contributed by atoms with Gasteiger partial charge in [0.1, 0.15) is 5.01 Å². The summed E-state index contributed by atoms with van der Waals surface area (Å²) in [4.78, 5) is 10.5. The molecule has 7 nitrogen and oxygen atoms in total. The molecule has 0 spiro atoms. The molecule has 0 aliphatic heterocycles. The van der Waals surface area contributed by atoms with Crippen LogP contribution in [-0.2, 0) is 29.5 Å². The molecule has 2 aromatic rings. The van der Waals surface area contributed by atoms with E-state index < -0.39 is 10.0 Å². The van der Waals surface area contributed by atoms with Crippen molar-refractivity contribution in [2.24, 2.45) is 4.99 Å². The van der Waals surface area contributed by atoms with E-state index in [-0.39, 0.29) is 4.90 Å². The molecule has 0 saturated heterocycles. The number of aromatic nitrogens is 1. The summed E-state index contributed by atoms with van der Waals surface area (Å²) in [6, 6.07) is 6.81. The van der Waals surface area contributed by atoms with Gasteiger partial charge in [-0.05, 0) is 31.0 Å². The molecular formula is C18H27N5O2S2. The van der Waals surface area contributed by atoms with Gasteiger partial charge in [0.05, 0.1) is 18.0 Å². The van der Waals surface area contributed by atoms with Gasteiger partial charge in [0.25, 0.3) is 0 Å². The van der Waals surface area contributed by atoms with Crippen LogP contribution in [0.1, 0.15) is 29.3 Å². The van der Waals surface area contributed by atoms with Crippen molar-refractivity contribution in [3.63, 3.8) is 0 Å². The second-order valence-corrected chi connectivity index (χ2v) is 9.41. The van der Waals surface area contributed by atoms with Gasteiger partial charge in [-0.25, -0.2) is 22.7 Å². The van der Waals surface area contributed by atoms with Gasteiger partial charge in [0.15, 0.2) is 5.96 Å². The first-order valence-corrected chi connectivity index (χ1v) is 11.1. The van der Waals surface area contributed by atoms with Crippen molar-refractivity contribution in [2.75, 3.05) is 20.6 Å². The van der Waals surface area contributed by atoms with Gasteiger partial charge in [0, 0.05) is 31.7 Å². The molecule has 0 saturated carbocycles. The molecule has 0 aliphatic rings. The quantitative estimate of drug-likeness (QED) is 0.516. The van der Waals surface area contributed by atoms with Crippen LogP contribution in [0.25, 0.3) is 0 Å². The number of hydrogen-bond donors (Lipinski definition) is 2. The van der Waals surface area contributed by atoms with Crippen molar-refractivity contribution in [1.82, 2.24) is 19.9 Å². The Morgan fingerprint density at radius 3 is 2.44 bits per heavy atom. The lowest BCUT2D eigenvalue weighted by Gasteiger charge is -2.12. The molecule has 1 aromatic carbocycles. The Labute approximate surface area is 165 Å². The number of nitrogens with one attached hydrogen (secondary N) is 2. The Balaban J connectivity index is 2.01. The number of benzene rings is 1. The number of guanidine groups is 1. The second-order valence-electron chi connectivity index (χ2n) is 6.05. The van der Waals surface area contributed by atoms with Crippen molar-refractivity contribution in [2.45, 2.75) is 38.3 Å². The van der Waals surface area contributed by atoms with E-state index in [9.17, 15) is 8.42 Å². The molecule has 1 heterocycles. The van der Waals surface area contributed by atoms with Gasteiger partial charge in [-0.2, -0.15) is 0 Å². The smallest absolute Gasteiger partial charge is 0.242 e. The Hall–Kier alpha value is -1.97. The molecule has 148 valence electrons. The Morgan fingerprint density at radius 1 is 1.19 bits per heavy atom. The van der Waals surface area contributed by atoms with E-state index >= 15 is 0 Å². The van der Waals surface area contributed by atoms with E-state index in [1.165, 1.54) is 23.3 Å². The highest BCUT2D eigenvalue weighted by Gasteiger charge is 2.16. The molecule has 27 heavy (non-hydrogen) atoms. The molecule has 0 radical (unpaired) electrons. The topological polar surface area (TPSA) is 86.7 Å². The highest BCUT2D eigenvalue weighted by molar-refractivity contribution is 7.89. The van der Waals surface area contributed by atoms with Gasteiger partial charge in [-0.1, -0.05) is 19.1 Å². The molecule has 2 rings (SSSR count). The van der Waals surface area contributed by atoms with Crippen molar-refractivity contribution in [3.8, 4) is 0 Å². The van der Waals surface area contributed by atoms with Crippen LogP contribution in [0.5, 0.6) is 0 Å². The molecule has 1 aromatic heterocycles. The van der Waals surface area contributed by atoms with Crippen LogP contribution in [0, 0.1) is 0 Å². The van der Waals surface area contributed by atoms with Gasteiger partial charge < -0.3 is 10.6 Å². The van der Waals surface area contributed by atoms with E-state index in [1.54, 1.807) is 35.6 Å². The molecule has 0 bridgehead atoms. The van der Waals surface area contributed by atoms with Crippen LogP contribution in [0.15, 0.2) is 40.4 Å². The lowest BCUT2D eigenvalue weighted by Crippen LogP contribution is -2.36.